The molecule has 1 heterocycles. The minimum atomic E-state index is -4.48. The highest BCUT2D eigenvalue weighted by Crippen LogP contribution is 2.36. The summed E-state index contributed by atoms with van der Waals surface area (Å²) in [5.74, 6) is -0.675. The molecular formula is C21H24F3NO4S. The molecule has 9 heteroatoms. The Morgan fingerprint density at radius 1 is 0.967 bits per heavy atom. The van der Waals surface area contributed by atoms with Gasteiger partial charge in [0.25, 0.3) is 0 Å². The monoisotopic (exact) mass is 443 g/mol. The highest BCUT2D eigenvalue weighted by atomic mass is 32.2. The number of rotatable bonds is 7. The fourth-order valence-electron chi connectivity index (χ4n) is 3.66. The number of aliphatic hydroxyl groups is 1. The Kier molecular flexibility index (Phi) is 6.86. The van der Waals surface area contributed by atoms with Crippen LogP contribution >= 0.6 is 0 Å². The molecule has 1 atom stereocenters. The summed E-state index contributed by atoms with van der Waals surface area (Å²) in [7, 11) is -3.89. The molecule has 1 aliphatic heterocycles. The van der Waals surface area contributed by atoms with Gasteiger partial charge in [0.15, 0.2) is 0 Å². The number of hydrogen-bond acceptors (Lipinski definition) is 4. The summed E-state index contributed by atoms with van der Waals surface area (Å²) in [6.07, 6.45) is -3.30. The van der Waals surface area contributed by atoms with Crippen molar-refractivity contribution in [2.45, 2.75) is 30.4 Å². The van der Waals surface area contributed by atoms with E-state index in [1.807, 2.05) is 6.07 Å². The van der Waals surface area contributed by atoms with Gasteiger partial charge in [-0.05, 0) is 42.0 Å². The topological polar surface area (TPSA) is 75.6 Å². The lowest BCUT2D eigenvalue weighted by Crippen LogP contribution is -2.47. The molecule has 0 aliphatic carbocycles. The normalized spacial score (nSPS) is 18.1. The standard InChI is InChI=1S/C21H24F3NO4S/c22-21(23,24)19-8-6-16(7-9-19)14-30(27,28)25-15-20(26,17-4-2-1-3-5-17)18-10-12-29-13-11-18/h1-9,18,25-26H,10-15H2/t20-/m0/s1. The van der Waals surface area contributed by atoms with Crippen molar-refractivity contribution >= 4 is 10.0 Å². The summed E-state index contributed by atoms with van der Waals surface area (Å²) in [6.45, 7) is 0.737. The van der Waals surface area contributed by atoms with E-state index < -0.39 is 33.1 Å². The van der Waals surface area contributed by atoms with Gasteiger partial charge in [0.05, 0.1) is 11.3 Å². The highest BCUT2D eigenvalue weighted by molar-refractivity contribution is 7.88. The summed E-state index contributed by atoms with van der Waals surface area (Å²) in [4.78, 5) is 0. The number of alkyl halides is 3. The number of halogens is 3. The number of hydrogen-bond donors (Lipinski definition) is 2. The van der Waals surface area contributed by atoms with Crippen molar-refractivity contribution in [1.29, 1.82) is 0 Å². The van der Waals surface area contributed by atoms with Crippen LogP contribution in [-0.2, 0) is 32.3 Å². The number of ether oxygens (including phenoxy) is 1. The fourth-order valence-corrected chi connectivity index (χ4v) is 4.84. The van der Waals surface area contributed by atoms with E-state index in [1.165, 1.54) is 0 Å². The molecule has 0 bridgehead atoms. The van der Waals surface area contributed by atoms with Gasteiger partial charge in [0.1, 0.15) is 5.60 Å². The van der Waals surface area contributed by atoms with Gasteiger partial charge in [-0.15, -0.1) is 0 Å². The van der Waals surface area contributed by atoms with E-state index in [-0.39, 0.29) is 18.0 Å². The Balaban J connectivity index is 1.74. The Bertz CT molecular complexity index is 927. The van der Waals surface area contributed by atoms with Crippen LogP contribution in [0.1, 0.15) is 29.5 Å². The Labute approximate surface area is 173 Å². The maximum atomic E-state index is 12.7. The zero-order valence-electron chi connectivity index (χ0n) is 16.2. The zero-order chi connectivity index (χ0) is 21.8. The molecule has 1 aliphatic rings. The largest absolute Gasteiger partial charge is 0.416 e. The zero-order valence-corrected chi connectivity index (χ0v) is 17.0. The predicted octanol–water partition coefficient (Wildman–Crippen LogP) is 3.44. The summed E-state index contributed by atoms with van der Waals surface area (Å²) >= 11 is 0. The van der Waals surface area contributed by atoms with E-state index in [9.17, 15) is 26.7 Å². The van der Waals surface area contributed by atoms with E-state index in [0.717, 1.165) is 24.3 Å². The molecule has 2 N–H and O–H groups in total. The molecule has 0 amide bonds. The first-order valence-electron chi connectivity index (χ1n) is 9.59. The second-order valence-electron chi connectivity index (χ2n) is 7.45. The molecule has 1 saturated heterocycles. The second-order valence-corrected chi connectivity index (χ2v) is 9.26. The predicted molar refractivity (Wildman–Crippen MR) is 106 cm³/mol. The molecular weight excluding hydrogens is 419 g/mol. The minimum Gasteiger partial charge on any atom is -0.383 e. The van der Waals surface area contributed by atoms with Gasteiger partial charge >= 0.3 is 6.18 Å². The third-order valence-electron chi connectivity index (χ3n) is 5.37. The van der Waals surface area contributed by atoms with Crippen LogP contribution in [0.5, 0.6) is 0 Å². The maximum Gasteiger partial charge on any atom is 0.416 e. The first-order valence-corrected chi connectivity index (χ1v) is 11.2. The molecule has 164 valence electrons. The molecule has 0 spiro atoms. The van der Waals surface area contributed by atoms with Crippen LogP contribution < -0.4 is 4.72 Å². The van der Waals surface area contributed by atoms with Gasteiger partial charge < -0.3 is 9.84 Å². The summed E-state index contributed by atoms with van der Waals surface area (Å²) < 4.78 is 71.0. The van der Waals surface area contributed by atoms with Crippen molar-refractivity contribution in [1.82, 2.24) is 4.72 Å². The maximum absolute atomic E-state index is 12.7. The molecule has 1 fully saturated rings. The van der Waals surface area contributed by atoms with Gasteiger partial charge in [-0.1, -0.05) is 42.5 Å². The van der Waals surface area contributed by atoms with Gasteiger partial charge in [-0.2, -0.15) is 13.2 Å². The molecule has 2 aromatic carbocycles. The highest BCUT2D eigenvalue weighted by Gasteiger charge is 2.40. The summed E-state index contributed by atoms with van der Waals surface area (Å²) in [5, 5.41) is 11.5. The molecule has 0 radical (unpaired) electrons. The first-order chi connectivity index (χ1) is 14.1. The van der Waals surface area contributed by atoms with Gasteiger partial charge in [0, 0.05) is 19.8 Å². The summed E-state index contributed by atoms with van der Waals surface area (Å²) in [5.41, 5.74) is -1.42. The number of nitrogens with one attached hydrogen (secondary N) is 1. The van der Waals surface area contributed by atoms with Crippen LogP contribution in [0.25, 0.3) is 0 Å². The van der Waals surface area contributed by atoms with Crippen LogP contribution in [0.3, 0.4) is 0 Å². The lowest BCUT2D eigenvalue weighted by molar-refractivity contribution is -0.137. The Hall–Kier alpha value is -1.94. The van der Waals surface area contributed by atoms with E-state index in [1.54, 1.807) is 24.3 Å². The molecule has 2 aromatic rings. The Morgan fingerprint density at radius 3 is 2.13 bits per heavy atom. The quantitative estimate of drug-likeness (QED) is 0.688. The van der Waals surface area contributed by atoms with Crippen molar-refractivity contribution < 1.29 is 31.4 Å². The van der Waals surface area contributed by atoms with E-state index >= 15 is 0 Å². The van der Waals surface area contributed by atoms with Crippen LogP contribution in [0, 0.1) is 5.92 Å². The van der Waals surface area contributed by atoms with Gasteiger partial charge in [-0.25, -0.2) is 13.1 Å². The van der Waals surface area contributed by atoms with Crippen LogP contribution in [0.15, 0.2) is 54.6 Å². The average Bonchev–Trinajstić information content (AvgIpc) is 2.73. The molecule has 30 heavy (non-hydrogen) atoms. The second kappa shape index (κ2) is 9.05. The number of sulfonamides is 1. The van der Waals surface area contributed by atoms with Crippen molar-refractivity contribution in [3.05, 3.63) is 71.3 Å². The van der Waals surface area contributed by atoms with Crippen molar-refractivity contribution in [3.8, 4) is 0 Å². The SMILES string of the molecule is O=S(=O)(Cc1ccc(C(F)(F)F)cc1)NC[C@](O)(c1ccccc1)C1CCOCC1. The van der Waals surface area contributed by atoms with Crippen LogP contribution in [-0.4, -0.2) is 33.3 Å². The molecule has 3 rings (SSSR count). The smallest absolute Gasteiger partial charge is 0.383 e. The van der Waals surface area contributed by atoms with E-state index in [0.29, 0.717) is 31.6 Å². The van der Waals surface area contributed by atoms with Gasteiger partial charge in [0.2, 0.25) is 10.0 Å². The van der Waals surface area contributed by atoms with Crippen molar-refractivity contribution in [2.24, 2.45) is 5.92 Å². The first kappa shape index (κ1) is 22.7. The minimum absolute atomic E-state index is 0.192. The molecule has 0 aromatic heterocycles. The lowest BCUT2D eigenvalue weighted by Gasteiger charge is -2.39. The Morgan fingerprint density at radius 2 is 1.57 bits per heavy atom. The van der Waals surface area contributed by atoms with E-state index in [4.69, 9.17) is 4.74 Å². The number of benzene rings is 2. The van der Waals surface area contributed by atoms with Crippen LogP contribution in [0.2, 0.25) is 0 Å². The average molecular weight is 443 g/mol. The van der Waals surface area contributed by atoms with Crippen molar-refractivity contribution in [3.63, 3.8) is 0 Å². The van der Waals surface area contributed by atoms with E-state index in [2.05, 4.69) is 4.72 Å². The van der Waals surface area contributed by atoms with Crippen LogP contribution in [0.4, 0.5) is 13.2 Å². The molecule has 0 unspecified atom stereocenters. The third-order valence-corrected chi connectivity index (χ3v) is 6.67. The fraction of sp³-hybridized carbons (Fsp3) is 0.429. The molecule has 5 nitrogen and oxygen atoms in total. The van der Waals surface area contributed by atoms with Crippen molar-refractivity contribution in [2.75, 3.05) is 19.8 Å². The molecule has 0 saturated carbocycles. The lowest BCUT2D eigenvalue weighted by atomic mass is 9.77. The third kappa shape index (κ3) is 5.60. The van der Waals surface area contributed by atoms with Gasteiger partial charge in [-0.3, -0.25) is 0 Å². The summed E-state index contributed by atoms with van der Waals surface area (Å²) in [6, 6.07) is 12.9.